The third kappa shape index (κ3) is 4.51. The molecule has 4 nitrogen and oxygen atoms in total. The summed E-state index contributed by atoms with van der Waals surface area (Å²) in [6.07, 6.45) is 1.13. The lowest BCUT2D eigenvalue weighted by Gasteiger charge is -2.39. The number of unbranched alkanes of at least 4 members (excludes halogenated alkanes) is 1. The van der Waals surface area contributed by atoms with E-state index in [1.54, 1.807) is 0 Å². The zero-order valence-corrected chi connectivity index (χ0v) is 12.7. The van der Waals surface area contributed by atoms with E-state index in [1.807, 2.05) is 13.0 Å². The fourth-order valence-corrected chi connectivity index (χ4v) is 3.05. The van der Waals surface area contributed by atoms with Crippen LogP contribution >= 0.6 is 0 Å². The van der Waals surface area contributed by atoms with E-state index in [0.29, 0.717) is 6.42 Å². The summed E-state index contributed by atoms with van der Waals surface area (Å²) in [5.74, 6) is 0.00483. The predicted octanol–water partition coefficient (Wildman–Crippen LogP) is 1.09. The summed E-state index contributed by atoms with van der Waals surface area (Å²) in [5.41, 5.74) is 1.35. The lowest BCUT2D eigenvalue weighted by atomic mass is 9.80. The molecular weight excluding hydrogens is 266 g/mol. The van der Waals surface area contributed by atoms with E-state index in [9.17, 15) is 15.3 Å². The fraction of sp³-hybridized carbons (Fsp3) is 0.647. The van der Waals surface area contributed by atoms with Crippen molar-refractivity contribution in [1.82, 2.24) is 5.32 Å². The number of hydrogen-bond donors (Lipinski definition) is 4. The summed E-state index contributed by atoms with van der Waals surface area (Å²) in [6, 6.07) is 10.3. The molecule has 1 aliphatic rings. The van der Waals surface area contributed by atoms with Crippen LogP contribution in [0.4, 0.5) is 0 Å². The van der Waals surface area contributed by atoms with Crippen LogP contribution in [0.2, 0.25) is 0 Å². The molecule has 1 aromatic carbocycles. The predicted molar refractivity (Wildman–Crippen MR) is 83.0 cm³/mol. The van der Waals surface area contributed by atoms with Crippen molar-refractivity contribution in [3.8, 4) is 0 Å². The SMILES string of the molecule is CC1C[C@H](NCCCCc2ccccc2)[C@@H](O)C(O)[C@@H]1O. The van der Waals surface area contributed by atoms with Crippen molar-refractivity contribution in [3.63, 3.8) is 0 Å². The lowest BCUT2D eigenvalue weighted by Crippen LogP contribution is -2.57. The van der Waals surface area contributed by atoms with Gasteiger partial charge in [0.25, 0.3) is 0 Å². The van der Waals surface area contributed by atoms with Gasteiger partial charge in [-0.3, -0.25) is 0 Å². The fourth-order valence-electron chi connectivity index (χ4n) is 3.05. The van der Waals surface area contributed by atoms with E-state index in [-0.39, 0.29) is 12.0 Å². The lowest BCUT2D eigenvalue weighted by molar-refractivity contribution is -0.119. The Hall–Kier alpha value is -0.940. The van der Waals surface area contributed by atoms with Gasteiger partial charge >= 0.3 is 0 Å². The van der Waals surface area contributed by atoms with Crippen molar-refractivity contribution in [3.05, 3.63) is 35.9 Å². The Labute approximate surface area is 126 Å². The molecule has 1 aromatic rings. The number of aryl methyl sites for hydroxylation is 1. The van der Waals surface area contributed by atoms with Crippen LogP contribution < -0.4 is 5.32 Å². The molecule has 0 radical (unpaired) electrons. The first-order valence-electron chi connectivity index (χ1n) is 7.91. The molecule has 5 atom stereocenters. The summed E-state index contributed by atoms with van der Waals surface area (Å²) in [7, 11) is 0. The number of aliphatic hydroxyl groups is 3. The van der Waals surface area contributed by atoms with Gasteiger partial charge in [-0.15, -0.1) is 0 Å². The molecule has 0 amide bonds. The van der Waals surface area contributed by atoms with Crippen LogP contribution in [0.1, 0.15) is 31.7 Å². The Morgan fingerprint density at radius 3 is 2.43 bits per heavy atom. The first-order chi connectivity index (χ1) is 10.1. The minimum absolute atomic E-state index is 0.00483. The van der Waals surface area contributed by atoms with Crippen LogP contribution in [0, 0.1) is 5.92 Å². The number of nitrogens with one attached hydrogen (secondary N) is 1. The monoisotopic (exact) mass is 293 g/mol. The van der Waals surface area contributed by atoms with Gasteiger partial charge in [0.15, 0.2) is 0 Å². The Balaban J connectivity index is 1.66. The van der Waals surface area contributed by atoms with Crippen LogP contribution in [-0.4, -0.2) is 46.2 Å². The van der Waals surface area contributed by atoms with Crippen molar-refractivity contribution in [2.75, 3.05) is 6.54 Å². The number of rotatable bonds is 6. The van der Waals surface area contributed by atoms with Gasteiger partial charge in [-0.05, 0) is 43.7 Å². The molecule has 4 N–H and O–H groups in total. The highest BCUT2D eigenvalue weighted by molar-refractivity contribution is 5.14. The average Bonchev–Trinajstić information content (AvgIpc) is 2.50. The average molecular weight is 293 g/mol. The topological polar surface area (TPSA) is 72.7 Å². The third-order valence-electron chi connectivity index (χ3n) is 4.46. The smallest absolute Gasteiger partial charge is 0.107 e. The number of aliphatic hydroxyl groups excluding tert-OH is 3. The van der Waals surface area contributed by atoms with Crippen LogP contribution in [0.3, 0.4) is 0 Å². The van der Waals surface area contributed by atoms with Gasteiger partial charge in [0, 0.05) is 6.04 Å². The number of hydrogen-bond acceptors (Lipinski definition) is 4. The Morgan fingerprint density at radius 2 is 1.71 bits per heavy atom. The minimum Gasteiger partial charge on any atom is -0.390 e. The van der Waals surface area contributed by atoms with Gasteiger partial charge in [0.1, 0.15) is 6.10 Å². The van der Waals surface area contributed by atoms with E-state index in [2.05, 4.69) is 29.6 Å². The molecule has 0 aliphatic heterocycles. The summed E-state index contributed by atoms with van der Waals surface area (Å²) < 4.78 is 0. The van der Waals surface area contributed by atoms with E-state index < -0.39 is 18.3 Å². The van der Waals surface area contributed by atoms with Crippen molar-refractivity contribution >= 4 is 0 Å². The third-order valence-corrected chi connectivity index (χ3v) is 4.46. The first kappa shape index (κ1) is 16.4. The van der Waals surface area contributed by atoms with E-state index in [0.717, 1.165) is 25.8 Å². The van der Waals surface area contributed by atoms with Crippen LogP contribution in [0.25, 0.3) is 0 Å². The Bertz CT molecular complexity index is 412. The van der Waals surface area contributed by atoms with E-state index >= 15 is 0 Å². The Kier molecular flexibility index (Phi) is 6.18. The molecular formula is C17H27NO3. The highest BCUT2D eigenvalue weighted by Gasteiger charge is 2.40. The molecule has 1 aliphatic carbocycles. The molecule has 118 valence electrons. The normalized spacial score (nSPS) is 33.0. The van der Waals surface area contributed by atoms with Gasteiger partial charge in [-0.2, -0.15) is 0 Å². The van der Waals surface area contributed by atoms with Crippen molar-refractivity contribution in [1.29, 1.82) is 0 Å². The second kappa shape index (κ2) is 7.90. The summed E-state index contributed by atoms with van der Waals surface area (Å²) in [4.78, 5) is 0. The molecule has 4 heteroatoms. The molecule has 1 fully saturated rings. The second-order valence-corrected chi connectivity index (χ2v) is 6.19. The maximum Gasteiger partial charge on any atom is 0.107 e. The summed E-state index contributed by atoms with van der Waals surface area (Å²) in [6.45, 7) is 2.73. The van der Waals surface area contributed by atoms with Gasteiger partial charge in [-0.25, -0.2) is 0 Å². The zero-order valence-electron chi connectivity index (χ0n) is 12.7. The summed E-state index contributed by atoms with van der Waals surface area (Å²) >= 11 is 0. The molecule has 2 unspecified atom stereocenters. The minimum atomic E-state index is -1.05. The van der Waals surface area contributed by atoms with Gasteiger partial charge < -0.3 is 20.6 Å². The second-order valence-electron chi connectivity index (χ2n) is 6.19. The van der Waals surface area contributed by atoms with Gasteiger partial charge in [0.05, 0.1) is 12.2 Å². The van der Waals surface area contributed by atoms with Crippen LogP contribution in [0.15, 0.2) is 30.3 Å². The molecule has 0 aromatic heterocycles. The molecule has 1 saturated carbocycles. The molecule has 0 heterocycles. The first-order valence-corrected chi connectivity index (χ1v) is 7.91. The van der Waals surface area contributed by atoms with Crippen molar-refractivity contribution < 1.29 is 15.3 Å². The van der Waals surface area contributed by atoms with Crippen molar-refractivity contribution in [2.45, 2.75) is 57.0 Å². The standard InChI is InChI=1S/C17H27NO3/c1-12-11-14(16(20)17(21)15(12)19)18-10-6-5-9-13-7-3-2-4-8-13/h2-4,7-8,12,14-21H,5-6,9-11H2,1H3/t12?,14-,15+,16+,17?/m0/s1. The van der Waals surface area contributed by atoms with Crippen LogP contribution in [0.5, 0.6) is 0 Å². The summed E-state index contributed by atoms with van der Waals surface area (Å²) in [5, 5.41) is 32.8. The van der Waals surface area contributed by atoms with Gasteiger partial charge in [-0.1, -0.05) is 37.3 Å². The zero-order chi connectivity index (χ0) is 15.2. The highest BCUT2D eigenvalue weighted by Crippen LogP contribution is 2.25. The van der Waals surface area contributed by atoms with Crippen LogP contribution in [-0.2, 0) is 6.42 Å². The Morgan fingerprint density at radius 1 is 1.00 bits per heavy atom. The molecule has 0 saturated heterocycles. The maximum absolute atomic E-state index is 9.99. The largest absolute Gasteiger partial charge is 0.390 e. The maximum atomic E-state index is 9.99. The number of benzene rings is 1. The highest BCUT2D eigenvalue weighted by atomic mass is 16.4. The molecule has 2 rings (SSSR count). The van der Waals surface area contributed by atoms with Crippen molar-refractivity contribution in [2.24, 2.45) is 5.92 Å². The molecule has 0 spiro atoms. The molecule has 21 heavy (non-hydrogen) atoms. The van der Waals surface area contributed by atoms with E-state index in [4.69, 9.17) is 0 Å². The van der Waals surface area contributed by atoms with Gasteiger partial charge in [0.2, 0.25) is 0 Å². The molecule has 0 bridgehead atoms. The quantitative estimate of drug-likeness (QED) is 0.593. The van der Waals surface area contributed by atoms with E-state index in [1.165, 1.54) is 5.56 Å².